The molecular formula is C48H26N4. The minimum Gasteiger partial charge on any atom is -0.307 e. The van der Waals surface area contributed by atoms with Crippen LogP contribution in [0.5, 0.6) is 0 Å². The minimum absolute atomic E-state index is 0.343. The molecule has 0 aliphatic rings. The lowest BCUT2D eigenvalue weighted by Gasteiger charge is -2.17. The Morgan fingerprint density at radius 3 is 0.962 bits per heavy atom. The molecular weight excluding hydrogens is 633 g/mol. The highest BCUT2D eigenvalue weighted by atomic mass is 15.0. The van der Waals surface area contributed by atoms with E-state index in [-0.39, 0.29) is 0 Å². The van der Waals surface area contributed by atoms with Crippen LogP contribution in [0.3, 0.4) is 0 Å². The summed E-state index contributed by atoms with van der Waals surface area (Å²) < 4.78 is 4.41. The molecule has 0 N–H and O–H groups in total. The molecule has 11 rings (SSSR count). The fourth-order valence-corrected chi connectivity index (χ4v) is 8.94. The first kappa shape index (κ1) is 28.4. The topological polar surface area (TPSA) is 57.4 Å². The molecule has 238 valence electrons. The van der Waals surface area contributed by atoms with Crippen LogP contribution in [0.15, 0.2) is 158 Å². The highest BCUT2D eigenvalue weighted by Gasteiger charge is 2.25. The molecule has 52 heavy (non-hydrogen) atoms. The maximum Gasteiger partial charge on any atom is 0.103 e. The molecule has 0 saturated carbocycles. The molecule has 0 amide bonds. The number of hydrogen-bond donors (Lipinski definition) is 0. The summed E-state index contributed by atoms with van der Waals surface area (Å²) in [7, 11) is 0. The summed E-state index contributed by atoms with van der Waals surface area (Å²) in [5, 5.41) is 35.9. The van der Waals surface area contributed by atoms with Crippen LogP contribution in [0.2, 0.25) is 0 Å². The first-order chi connectivity index (χ1) is 25.8. The van der Waals surface area contributed by atoms with Crippen molar-refractivity contribution in [3.63, 3.8) is 0 Å². The van der Waals surface area contributed by atoms with Crippen LogP contribution in [0.1, 0.15) is 11.1 Å². The van der Waals surface area contributed by atoms with Crippen LogP contribution in [-0.4, -0.2) is 9.13 Å². The number of rotatable bonds is 2. The van der Waals surface area contributed by atoms with Gasteiger partial charge in [0.1, 0.15) is 12.1 Å². The zero-order chi connectivity index (χ0) is 34.5. The number of para-hydroxylation sites is 2. The van der Waals surface area contributed by atoms with Gasteiger partial charge in [0, 0.05) is 32.3 Å². The number of aromatic nitrogens is 2. The predicted molar refractivity (Wildman–Crippen MR) is 215 cm³/mol. The van der Waals surface area contributed by atoms with E-state index < -0.39 is 0 Å². The molecule has 4 nitrogen and oxygen atoms in total. The van der Waals surface area contributed by atoms with Crippen molar-refractivity contribution in [1.82, 2.24) is 9.13 Å². The Hall–Kier alpha value is -7.40. The van der Waals surface area contributed by atoms with Crippen molar-refractivity contribution in [3.05, 3.63) is 169 Å². The molecule has 0 aliphatic carbocycles. The quantitative estimate of drug-likeness (QED) is 0.174. The number of nitriles is 2. The third-order valence-electron chi connectivity index (χ3n) is 11.0. The molecule has 0 aliphatic heterocycles. The Morgan fingerprint density at radius 1 is 0.308 bits per heavy atom. The fourth-order valence-electron chi connectivity index (χ4n) is 8.94. The van der Waals surface area contributed by atoms with E-state index in [2.05, 4.69) is 155 Å². The largest absolute Gasteiger partial charge is 0.307 e. The van der Waals surface area contributed by atoms with Gasteiger partial charge in [0.15, 0.2) is 0 Å². The van der Waals surface area contributed by atoms with Gasteiger partial charge >= 0.3 is 0 Å². The summed E-state index contributed by atoms with van der Waals surface area (Å²) >= 11 is 0. The molecule has 2 aromatic heterocycles. The number of hydrogen-bond acceptors (Lipinski definition) is 2. The van der Waals surface area contributed by atoms with Gasteiger partial charge in [-0.05, 0) is 56.6 Å². The second-order valence-electron chi connectivity index (χ2n) is 13.4. The summed E-state index contributed by atoms with van der Waals surface area (Å²) in [6.07, 6.45) is 0. The van der Waals surface area contributed by atoms with Gasteiger partial charge in [-0.3, -0.25) is 0 Å². The first-order valence-electron chi connectivity index (χ1n) is 17.4. The van der Waals surface area contributed by atoms with Gasteiger partial charge < -0.3 is 9.13 Å². The molecule has 0 fully saturated rings. The SMILES string of the molecule is N#Cc1c(-n2c3ccccc3c3c4ccccc4c4ccccc4c32)ccc(-n2c3ccccc3c3c4ccccc4c4ccccc4c32)c1C#N. The third-order valence-corrected chi connectivity index (χ3v) is 11.0. The standard InChI is InChI=1S/C48H26N4/c49-27-39-40(28-50)44(52-42-24-12-10-22-38(42)46-34-18-6-2-14-30(34)32-16-4-8-20-36(32)48(46)52)26-25-43(39)51-41-23-11-9-21-37(41)45-33-17-5-1-13-29(33)31-15-3-7-19-35(31)47(45)51/h1-26H. The summed E-state index contributed by atoms with van der Waals surface area (Å²) in [6, 6.07) is 60.0. The van der Waals surface area contributed by atoms with E-state index in [0.29, 0.717) is 22.5 Å². The fraction of sp³-hybridized carbons (Fsp3) is 0. The average Bonchev–Trinajstić information content (AvgIpc) is 3.75. The highest BCUT2D eigenvalue weighted by molar-refractivity contribution is 6.33. The van der Waals surface area contributed by atoms with Gasteiger partial charge in [-0.2, -0.15) is 10.5 Å². The van der Waals surface area contributed by atoms with Crippen molar-refractivity contribution in [2.24, 2.45) is 0 Å². The van der Waals surface area contributed by atoms with Crippen molar-refractivity contribution in [2.45, 2.75) is 0 Å². The van der Waals surface area contributed by atoms with Gasteiger partial charge in [-0.15, -0.1) is 0 Å². The highest BCUT2D eigenvalue weighted by Crippen LogP contribution is 2.45. The lowest BCUT2D eigenvalue weighted by atomic mass is 9.96. The van der Waals surface area contributed by atoms with E-state index in [0.717, 1.165) is 75.9 Å². The van der Waals surface area contributed by atoms with Crippen molar-refractivity contribution >= 4 is 86.7 Å². The van der Waals surface area contributed by atoms with Gasteiger partial charge in [0.25, 0.3) is 0 Å². The Kier molecular flexibility index (Phi) is 5.77. The van der Waals surface area contributed by atoms with E-state index in [1.165, 1.54) is 10.8 Å². The maximum absolute atomic E-state index is 11.1. The molecule has 4 heteroatoms. The number of nitrogens with zero attached hydrogens (tertiary/aromatic N) is 4. The zero-order valence-electron chi connectivity index (χ0n) is 27.8. The van der Waals surface area contributed by atoms with Crippen LogP contribution >= 0.6 is 0 Å². The van der Waals surface area contributed by atoms with Crippen LogP contribution in [0.4, 0.5) is 0 Å². The molecule has 11 aromatic rings. The Bertz CT molecular complexity index is 3210. The monoisotopic (exact) mass is 658 g/mol. The van der Waals surface area contributed by atoms with Crippen LogP contribution in [0, 0.1) is 22.7 Å². The van der Waals surface area contributed by atoms with Gasteiger partial charge in [-0.25, -0.2) is 0 Å². The van der Waals surface area contributed by atoms with Crippen LogP contribution < -0.4 is 0 Å². The molecule has 0 radical (unpaired) electrons. The minimum atomic E-state index is 0.343. The smallest absolute Gasteiger partial charge is 0.103 e. The Balaban J connectivity index is 1.32. The van der Waals surface area contributed by atoms with Gasteiger partial charge in [-0.1, -0.05) is 133 Å². The van der Waals surface area contributed by atoms with E-state index >= 15 is 0 Å². The number of fused-ring (bicyclic) bond motifs is 16. The summed E-state index contributed by atoms with van der Waals surface area (Å²) in [4.78, 5) is 0. The third kappa shape index (κ3) is 3.58. The maximum atomic E-state index is 11.1. The molecule has 0 saturated heterocycles. The second-order valence-corrected chi connectivity index (χ2v) is 13.4. The van der Waals surface area contributed by atoms with Gasteiger partial charge in [0.05, 0.1) is 44.6 Å². The van der Waals surface area contributed by atoms with Crippen molar-refractivity contribution in [3.8, 4) is 23.5 Å². The van der Waals surface area contributed by atoms with Gasteiger partial charge in [0.2, 0.25) is 0 Å². The molecule has 9 aromatic carbocycles. The normalized spacial score (nSPS) is 11.8. The predicted octanol–water partition coefficient (Wildman–Crippen LogP) is 12.2. The van der Waals surface area contributed by atoms with E-state index in [4.69, 9.17) is 0 Å². The van der Waals surface area contributed by atoms with Crippen molar-refractivity contribution in [1.29, 1.82) is 10.5 Å². The van der Waals surface area contributed by atoms with Crippen molar-refractivity contribution in [2.75, 3.05) is 0 Å². The van der Waals surface area contributed by atoms with Crippen LogP contribution in [-0.2, 0) is 0 Å². The molecule has 2 heterocycles. The molecule has 0 spiro atoms. The van der Waals surface area contributed by atoms with Crippen molar-refractivity contribution < 1.29 is 0 Å². The van der Waals surface area contributed by atoms with E-state index in [1.807, 2.05) is 24.3 Å². The second kappa shape index (κ2) is 10.6. The summed E-state index contributed by atoms with van der Waals surface area (Å²) in [5.41, 5.74) is 6.08. The Labute approximate surface area is 297 Å². The van der Waals surface area contributed by atoms with E-state index in [1.54, 1.807) is 0 Å². The summed E-state index contributed by atoms with van der Waals surface area (Å²) in [6.45, 7) is 0. The van der Waals surface area contributed by atoms with Crippen LogP contribution in [0.25, 0.3) is 98.1 Å². The summed E-state index contributed by atoms with van der Waals surface area (Å²) in [5.74, 6) is 0. The van der Waals surface area contributed by atoms with E-state index in [9.17, 15) is 10.5 Å². The lowest BCUT2D eigenvalue weighted by molar-refractivity contribution is 1.13. The number of benzene rings is 9. The Morgan fingerprint density at radius 2 is 0.596 bits per heavy atom. The molecule has 0 bridgehead atoms. The molecule has 0 unspecified atom stereocenters. The zero-order valence-corrected chi connectivity index (χ0v) is 27.8. The molecule has 0 atom stereocenters. The average molecular weight is 659 g/mol. The lowest BCUT2D eigenvalue weighted by Crippen LogP contribution is -2.05. The first-order valence-corrected chi connectivity index (χ1v) is 17.4.